The van der Waals surface area contributed by atoms with E-state index in [0.717, 1.165) is 12.0 Å². The van der Waals surface area contributed by atoms with Crippen LogP contribution in [0.5, 0.6) is 0 Å². The number of carbonyl (C=O) groups excluding carboxylic acids is 1. The first-order valence-corrected chi connectivity index (χ1v) is 6.27. The van der Waals surface area contributed by atoms with Crippen molar-refractivity contribution in [3.63, 3.8) is 0 Å². The highest BCUT2D eigenvalue weighted by atomic mass is 35.5. The van der Waals surface area contributed by atoms with E-state index in [1.165, 1.54) is 12.1 Å². The summed E-state index contributed by atoms with van der Waals surface area (Å²) in [6.07, 6.45) is -1.30. The maximum absolute atomic E-state index is 12.8. The molecule has 0 aliphatic rings. The summed E-state index contributed by atoms with van der Waals surface area (Å²) in [7, 11) is 0. The van der Waals surface area contributed by atoms with Gasteiger partial charge in [-0.15, -0.1) is 11.6 Å². The molecule has 0 saturated carbocycles. The molecule has 0 aromatic heterocycles. The molecule has 0 N–H and O–H groups in total. The number of aryl methyl sites for hydroxylation is 1. The SMILES string of the molecule is CCOC(=O)c1cc(CCCCl)ccc1C(F)F. The molecule has 0 amide bonds. The van der Waals surface area contributed by atoms with Crippen LogP contribution in [0, 0.1) is 0 Å². The van der Waals surface area contributed by atoms with Crippen molar-refractivity contribution in [3.05, 3.63) is 34.9 Å². The summed E-state index contributed by atoms with van der Waals surface area (Å²) in [5.74, 6) is -0.216. The molecule has 2 nitrogen and oxygen atoms in total. The Kier molecular flexibility index (Phi) is 6.05. The third-order valence-electron chi connectivity index (χ3n) is 2.45. The first-order chi connectivity index (χ1) is 8.60. The van der Waals surface area contributed by atoms with Gasteiger partial charge in [-0.1, -0.05) is 12.1 Å². The van der Waals surface area contributed by atoms with Crippen LogP contribution in [0.4, 0.5) is 8.78 Å². The Hall–Kier alpha value is -1.16. The summed E-state index contributed by atoms with van der Waals surface area (Å²) >= 11 is 5.57. The Labute approximate surface area is 110 Å². The van der Waals surface area contributed by atoms with Gasteiger partial charge in [-0.2, -0.15) is 0 Å². The van der Waals surface area contributed by atoms with Crippen molar-refractivity contribution in [1.29, 1.82) is 0 Å². The summed E-state index contributed by atoms with van der Waals surface area (Å²) in [6.45, 7) is 1.80. The Balaban J connectivity index is 3.03. The quantitative estimate of drug-likeness (QED) is 0.580. The molecule has 100 valence electrons. The molecule has 1 aromatic carbocycles. The second kappa shape index (κ2) is 7.31. The number of hydrogen-bond donors (Lipinski definition) is 0. The minimum absolute atomic E-state index is 0.0566. The molecule has 18 heavy (non-hydrogen) atoms. The van der Waals surface area contributed by atoms with E-state index in [2.05, 4.69) is 0 Å². The van der Waals surface area contributed by atoms with Crippen LogP contribution in [-0.4, -0.2) is 18.5 Å². The van der Waals surface area contributed by atoms with Crippen molar-refractivity contribution in [2.45, 2.75) is 26.2 Å². The Morgan fingerprint density at radius 2 is 2.17 bits per heavy atom. The molecule has 5 heteroatoms. The smallest absolute Gasteiger partial charge is 0.338 e. The van der Waals surface area contributed by atoms with E-state index >= 15 is 0 Å². The molecular formula is C13H15ClF2O2. The first-order valence-electron chi connectivity index (χ1n) is 5.74. The van der Waals surface area contributed by atoms with Gasteiger partial charge in [0.25, 0.3) is 6.43 Å². The predicted octanol–water partition coefficient (Wildman–Crippen LogP) is 3.97. The zero-order valence-electron chi connectivity index (χ0n) is 10.1. The fourth-order valence-corrected chi connectivity index (χ4v) is 1.74. The third kappa shape index (κ3) is 3.95. The van der Waals surface area contributed by atoms with Crippen molar-refractivity contribution in [2.75, 3.05) is 12.5 Å². The third-order valence-corrected chi connectivity index (χ3v) is 2.71. The van der Waals surface area contributed by atoms with E-state index in [9.17, 15) is 13.6 Å². The number of benzene rings is 1. The lowest BCUT2D eigenvalue weighted by atomic mass is 10.0. The maximum atomic E-state index is 12.8. The van der Waals surface area contributed by atoms with Gasteiger partial charge in [-0.3, -0.25) is 0 Å². The number of halogens is 3. The Bertz CT molecular complexity index is 408. The molecule has 1 rings (SSSR count). The summed E-state index contributed by atoms with van der Waals surface area (Å²) in [5, 5.41) is 0. The van der Waals surface area contributed by atoms with E-state index in [1.54, 1.807) is 13.0 Å². The molecule has 0 unspecified atom stereocenters. The van der Waals surface area contributed by atoms with Gasteiger partial charge in [0.1, 0.15) is 0 Å². The number of esters is 1. The van der Waals surface area contributed by atoms with Crippen molar-refractivity contribution in [2.24, 2.45) is 0 Å². The Morgan fingerprint density at radius 3 is 2.72 bits per heavy atom. The van der Waals surface area contributed by atoms with Gasteiger partial charge in [0.2, 0.25) is 0 Å². The number of hydrogen-bond acceptors (Lipinski definition) is 2. The summed E-state index contributed by atoms with van der Waals surface area (Å²) in [4.78, 5) is 11.6. The van der Waals surface area contributed by atoms with Gasteiger partial charge in [0.05, 0.1) is 12.2 Å². The predicted molar refractivity (Wildman–Crippen MR) is 66.4 cm³/mol. The van der Waals surface area contributed by atoms with Crippen LogP contribution in [0.15, 0.2) is 18.2 Å². The van der Waals surface area contributed by atoms with Gasteiger partial charge < -0.3 is 4.74 Å². The zero-order chi connectivity index (χ0) is 13.5. The van der Waals surface area contributed by atoms with Crippen molar-refractivity contribution >= 4 is 17.6 Å². The van der Waals surface area contributed by atoms with Crippen molar-refractivity contribution in [3.8, 4) is 0 Å². The highest BCUT2D eigenvalue weighted by Crippen LogP contribution is 2.25. The molecule has 0 fully saturated rings. The van der Waals surface area contributed by atoms with Gasteiger partial charge >= 0.3 is 5.97 Å². The number of rotatable bonds is 6. The zero-order valence-corrected chi connectivity index (χ0v) is 10.8. The van der Waals surface area contributed by atoms with Crippen LogP contribution in [-0.2, 0) is 11.2 Å². The van der Waals surface area contributed by atoms with Gasteiger partial charge in [-0.05, 0) is 31.4 Å². The molecule has 1 aromatic rings. The molecule has 0 aliphatic carbocycles. The lowest BCUT2D eigenvalue weighted by Crippen LogP contribution is -2.09. The molecular weight excluding hydrogens is 262 g/mol. The van der Waals surface area contributed by atoms with Crippen LogP contribution in [0.2, 0.25) is 0 Å². The molecule has 0 radical (unpaired) electrons. The minimum atomic E-state index is -2.69. The average Bonchev–Trinajstić information content (AvgIpc) is 2.36. The van der Waals surface area contributed by atoms with Gasteiger partial charge in [0, 0.05) is 11.4 Å². The van der Waals surface area contributed by atoms with E-state index < -0.39 is 12.4 Å². The van der Waals surface area contributed by atoms with E-state index in [1.807, 2.05) is 0 Å². The summed E-state index contributed by atoms with van der Waals surface area (Å²) < 4.78 is 30.3. The van der Waals surface area contributed by atoms with E-state index in [0.29, 0.717) is 12.3 Å². The molecule has 0 spiro atoms. The van der Waals surface area contributed by atoms with Crippen LogP contribution >= 0.6 is 11.6 Å². The topological polar surface area (TPSA) is 26.3 Å². The lowest BCUT2D eigenvalue weighted by molar-refractivity contribution is 0.0515. The Morgan fingerprint density at radius 1 is 1.44 bits per heavy atom. The van der Waals surface area contributed by atoms with Crippen LogP contribution < -0.4 is 0 Å². The van der Waals surface area contributed by atoms with Crippen LogP contribution in [0.25, 0.3) is 0 Å². The first kappa shape index (κ1) is 14.9. The number of alkyl halides is 3. The van der Waals surface area contributed by atoms with Crippen LogP contribution in [0.1, 0.15) is 41.3 Å². The second-order valence-corrected chi connectivity index (χ2v) is 4.11. The van der Waals surface area contributed by atoms with Crippen molar-refractivity contribution in [1.82, 2.24) is 0 Å². The maximum Gasteiger partial charge on any atom is 0.338 e. The highest BCUT2D eigenvalue weighted by Gasteiger charge is 2.19. The van der Waals surface area contributed by atoms with Crippen LogP contribution in [0.3, 0.4) is 0 Å². The second-order valence-electron chi connectivity index (χ2n) is 3.74. The number of carbonyl (C=O) groups is 1. The minimum Gasteiger partial charge on any atom is -0.462 e. The largest absolute Gasteiger partial charge is 0.462 e. The van der Waals surface area contributed by atoms with Gasteiger partial charge in [0.15, 0.2) is 0 Å². The molecule has 0 heterocycles. The fraction of sp³-hybridized carbons (Fsp3) is 0.462. The molecule has 0 aliphatic heterocycles. The molecule has 0 saturated heterocycles. The fourth-order valence-electron chi connectivity index (χ4n) is 1.61. The van der Waals surface area contributed by atoms with E-state index in [4.69, 9.17) is 16.3 Å². The normalized spacial score (nSPS) is 10.7. The standard InChI is InChI=1S/C13H15ClF2O2/c1-2-18-13(17)11-8-9(4-3-7-14)5-6-10(11)12(15)16/h5-6,8,12H,2-4,7H2,1H3. The average molecular weight is 277 g/mol. The monoisotopic (exact) mass is 276 g/mol. The van der Waals surface area contributed by atoms with E-state index in [-0.39, 0.29) is 17.7 Å². The molecule has 0 bridgehead atoms. The number of ether oxygens (including phenoxy) is 1. The summed E-state index contributed by atoms with van der Waals surface area (Å²) in [5.41, 5.74) is 0.463. The highest BCUT2D eigenvalue weighted by molar-refractivity contribution is 6.17. The summed E-state index contributed by atoms with van der Waals surface area (Å²) in [6, 6.07) is 4.34. The lowest BCUT2D eigenvalue weighted by Gasteiger charge is -2.10. The van der Waals surface area contributed by atoms with Gasteiger partial charge in [-0.25, -0.2) is 13.6 Å². The van der Waals surface area contributed by atoms with Crippen molar-refractivity contribution < 1.29 is 18.3 Å². The molecule has 0 atom stereocenters.